The zero-order valence-corrected chi connectivity index (χ0v) is 16.3. The molecule has 0 aromatic heterocycles. The molecule has 1 amide bonds. The number of ether oxygens (including phenoxy) is 1. The number of nitrogens with one attached hydrogen (secondary N) is 1. The summed E-state index contributed by atoms with van der Waals surface area (Å²) >= 11 is 0. The van der Waals surface area contributed by atoms with Gasteiger partial charge in [-0.05, 0) is 48.0 Å². The quantitative estimate of drug-likeness (QED) is 0.697. The summed E-state index contributed by atoms with van der Waals surface area (Å²) in [7, 11) is 3.69. The standard InChI is InChI=1S/C23H22N2O3/c1-15-4-9-21-20(10-15)22(26)23(27)25(21)14-24(2)13-16-5-6-18-12-19(28-3)8-7-17(18)11-16/h4-12H,13-14H2,1-3H3/p+1. The first kappa shape index (κ1) is 18.2. The van der Waals surface area contributed by atoms with Crippen molar-refractivity contribution in [1.29, 1.82) is 0 Å². The molecule has 0 saturated carbocycles. The molecule has 0 bridgehead atoms. The average molecular weight is 375 g/mol. The molecule has 3 aromatic carbocycles. The molecule has 0 aliphatic carbocycles. The third-order valence-corrected chi connectivity index (χ3v) is 5.17. The Labute approximate surface area is 164 Å². The number of Topliss-reactive ketones (excluding diaryl/α,β-unsaturated/α-hetero) is 1. The van der Waals surface area contributed by atoms with Crippen LogP contribution in [0.2, 0.25) is 0 Å². The van der Waals surface area contributed by atoms with Gasteiger partial charge >= 0.3 is 5.91 Å². The summed E-state index contributed by atoms with van der Waals surface area (Å²) in [6.07, 6.45) is 0. The zero-order valence-electron chi connectivity index (χ0n) is 16.3. The third-order valence-electron chi connectivity index (χ3n) is 5.17. The lowest BCUT2D eigenvalue weighted by atomic mass is 10.1. The monoisotopic (exact) mass is 375 g/mol. The molecule has 1 aliphatic rings. The normalized spacial score (nSPS) is 14.5. The van der Waals surface area contributed by atoms with Crippen molar-refractivity contribution >= 4 is 28.2 Å². The molecule has 0 saturated heterocycles. The Morgan fingerprint density at radius 1 is 0.964 bits per heavy atom. The largest absolute Gasteiger partial charge is 0.497 e. The Morgan fingerprint density at radius 3 is 2.50 bits per heavy atom. The number of quaternary nitrogens is 1. The van der Waals surface area contributed by atoms with E-state index in [2.05, 4.69) is 18.2 Å². The van der Waals surface area contributed by atoms with Gasteiger partial charge in [0.15, 0.2) is 6.67 Å². The summed E-state index contributed by atoms with van der Waals surface area (Å²) in [6, 6.07) is 18.0. The molecule has 1 atom stereocenters. The molecule has 1 aliphatic heterocycles. The summed E-state index contributed by atoms with van der Waals surface area (Å²) in [5.41, 5.74) is 3.38. The number of anilines is 1. The fourth-order valence-electron chi connectivity index (χ4n) is 3.76. The Bertz CT molecular complexity index is 1090. The van der Waals surface area contributed by atoms with Crippen LogP contribution in [-0.2, 0) is 11.3 Å². The van der Waals surface area contributed by atoms with E-state index < -0.39 is 11.7 Å². The molecule has 5 heteroatoms. The summed E-state index contributed by atoms with van der Waals surface area (Å²) in [4.78, 5) is 27.5. The second-order valence-corrected chi connectivity index (χ2v) is 7.42. The van der Waals surface area contributed by atoms with Crippen molar-refractivity contribution in [2.24, 2.45) is 0 Å². The molecule has 5 nitrogen and oxygen atoms in total. The Balaban J connectivity index is 1.52. The van der Waals surface area contributed by atoms with E-state index in [1.165, 1.54) is 5.56 Å². The van der Waals surface area contributed by atoms with Gasteiger partial charge in [-0.3, -0.25) is 14.5 Å². The maximum atomic E-state index is 12.4. The maximum absolute atomic E-state index is 12.4. The molecule has 1 unspecified atom stereocenters. The molecule has 3 aromatic rings. The van der Waals surface area contributed by atoms with Crippen molar-refractivity contribution in [3.05, 3.63) is 71.3 Å². The molecule has 0 radical (unpaired) electrons. The van der Waals surface area contributed by atoms with Crippen molar-refractivity contribution in [2.75, 3.05) is 25.7 Å². The number of nitrogens with zero attached hydrogens (tertiary/aromatic N) is 1. The second-order valence-electron chi connectivity index (χ2n) is 7.42. The number of hydrogen-bond donors (Lipinski definition) is 1. The Kier molecular flexibility index (Phi) is 4.61. The minimum atomic E-state index is -0.439. The van der Waals surface area contributed by atoms with Crippen LogP contribution in [0.15, 0.2) is 54.6 Å². The minimum Gasteiger partial charge on any atom is -0.497 e. The van der Waals surface area contributed by atoms with E-state index in [1.54, 1.807) is 18.1 Å². The predicted molar refractivity (Wildman–Crippen MR) is 109 cm³/mol. The number of rotatable bonds is 5. The molecule has 1 heterocycles. The molecule has 0 spiro atoms. The highest BCUT2D eigenvalue weighted by Crippen LogP contribution is 2.28. The molecule has 4 rings (SSSR count). The molecule has 28 heavy (non-hydrogen) atoms. The van der Waals surface area contributed by atoms with E-state index in [1.807, 2.05) is 44.3 Å². The van der Waals surface area contributed by atoms with E-state index >= 15 is 0 Å². The molecule has 142 valence electrons. The zero-order chi connectivity index (χ0) is 19.8. The first-order valence-electron chi connectivity index (χ1n) is 9.31. The van der Waals surface area contributed by atoms with Crippen molar-refractivity contribution in [3.63, 3.8) is 0 Å². The number of carbonyl (C=O) groups is 2. The lowest BCUT2D eigenvalue weighted by Crippen LogP contribution is -3.09. The summed E-state index contributed by atoms with van der Waals surface area (Å²) < 4.78 is 5.28. The van der Waals surface area contributed by atoms with Crippen LogP contribution in [0.5, 0.6) is 5.75 Å². The number of aryl methyl sites for hydroxylation is 1. The average Bonchev–Trinajstić information content (AvgIpc) is 2.92. The molecular formula is C23H23N2O3+. The fourth-order valence-corrected chi connectivity index (χ4v) is 3.76. The van der Waals surface area contributed by atoms with E-state index in [4.69, 9.17) is 4.74 Å². The number of methoxy groups -OCH3 is 1. The van der Waals surface area contributed by atoms with Gasteiger partial charge in [0.2, 0.25) is 0 Å². The number of ketones is 1. The lowest BCUT2D eigenvalue weighted by molar-refractivity contribution is -0.892. The van der Waals surface area contributed by atoms with Crippen LogP contribution in [0.4, 0.5) is 5.69 Å². The van der Waals surface area contributed by atoms with E-state index in [0.717, 1.165) is 33.5 Å². The van der Waals surface area contributed by atoms with Crippen LogP contribution in [0.3, 0.4) is 0 Å². The summed E-state index contributed by atoms with van der Waals surface area (Å²) in [5.74, 6) is -0.00850. The number of amides is 1. The number of fused-ring (bicyclic) bond motifs is 2. The summed E-state index contributed by atoms with van der Waals surface area (Å²) in [6.45, 7) is 3.12. The highest BCUT2D eigenvalue weighted by atomic mass is 16.5. The van der Waals surface area contributed by atoms with Crippen LogP contribution in [0.25, 0.3) is 10.8 Å². The van der Waals surface area contributed by atoms with Crippen LogP contribution < -0.4 is 14.5 Å². The molecule has 0 fully saturated rings. The number of hydrogen-bond acceptors (Lipinski definition) is 3. The fraction of sp³-hybridized carbons (Fsp3) is 0.217. The van der Waals surface area contributed by atoms with Gasteiger partial charge < -0.3 is 9.64 Å². The van der Waals surface area contributed by atoms with Crippen LogP contribution >= 0.6 is 0 Å². The lowest BCUT2D eigenvalue weighted by Gasteiger charge is -2.22. The smallest absolute Gasteiger partial charge is 0.303 e. The Hall–Kier alpha value is -3.18. The first-order valence-corrected chi connectivity index (χ1v) is 9.31. The van der Waals surface area contributed by atoms with Gasteiger partial charge in [-0.2, -0.15) is 0 Å². The van der Waals surface area contributed by atoms with Gasteiger partial charge in [0.1, 0.15) is 12.3 Å². The van der Waals surface area contributed by atoms with E-state index in [-0.39, 0.29) is 0 Å². The van der Waals surface area contributed by atoms with Crippen LogP contribution in [0.1, 0.15) is 21.5 Å². The van der Waals surface area contributed by atoms with Crippen LogP contribution in [0, 0.1) is 6.92 Å². The van der Waals surface area contributed by atoms with Gasteiger partial charge in [-0.25, -0.2) is 0 Å². The second kappa shape index (κ2) is 7.09. The third kappa shape index (κ3) is 3.25. The van der Waals surface area contributed by atoms with Gasteiger partial charge in [0.05, 0.1) is 25.4 Å². The molecular weight excluding hydrogens is 352 g/mol. The van der Waals surface area contributed by atoms with Crippen molar-refractivity contribution in [3.8, 4) is 5.75 Å². The molecule has 1 N–H and O–H groups in total. The van der Waals surface area contributed by atoms with E-state index in [0.29, 0.717) is 17.9 Å². The predicted octanol–water partition coefficient (Wildman–Crippen LogP) is 2.36. The van der Waals surface area contributed by atoms with E-state index in [9.17, 15) is 9.59 Å². The summed E-state index contributed by atoms with van der Waals surface area (Å²) in [5, 5.41) is 2.28. The van der Waals surface area contributed by atoms with Gasteiger partial charge in [0, 0.05) is 5.56 Å². The maximum Gasteiger partial charge on any atom is 0.303 e. The topological polar surface area (TPSA) is 51.1 Å². The highest BCUT2D eigenvalue weighted by molar-refractivity contribution is 6.52. The highest BCUT2D eigenvalue weighted by Gasteiger charge is 2.37. The van der Waals surface area contributed by atoms with Crippen LogP contribution in [-0.4, -0.2) is 32.5 Å². The Morgan fingerprint density at radius 2 is 1.71 bits per heavy atom. The van der Waals surface area contributed by atoms with Gasteiger partial charge in [0.25, 0.3) is 5.78 Å². The number of benzene rings is 3. The minimum absolute atomic E-state index is 0.411. The number of carbonyl (C=O) groups excluding carboxylic acids is 2. The van der Waals surface area contributed by atoms with Crippen molar-refractivity contribution in [2.45, 2.75) is 13.5 Å². The van der Waals surface area contributed by atoms with Gasteiger partial charge in [-0.15, -0.1) is 0 Å². The van der Waals surface area contributed by atoms with Gasteiger partial charge in [-0.1, -0.05) is 29.8 Å². The van der Waals surface area contributed by atoms with Crippen molar-refractivity contribution < 1.29 is 19.2 Å². The first-order chi connectivity index (χ1) is 13.5. The van der Waals surface area contributed by atoms with Crippen molar-refractivity contribution in [1.82, 2.24) is 0 Å². The SMILES string of the molecule is COc1ccc2cc(C[NH+](C)CN3C(=O)C(=O)c4cc(C)ccc43)ccc2c1.